The highest BCUT2D eigenvalue weighted by Gasteiger charge is 2.30. The molecular formula is C19H24N4O3. The first-order chi connectivity index (χ1) is 12.6. The van der Waals surface area contributed by atoms with E-state index in [1.54, 1.807) is 10.9 Å². The maximum Gasteiger partial charge on any atom is 0.318 e. The van der Waals surface area contributed by atoms with Crippen LogP contribution in [0.4, 0.5) is 4.79 Å². The van der Waals surface area contributed by atoms with Crippen LogP contribution in [-0.4, -0.2) is 47.1 Å². The molecule has 2 aliphatic heterocycles. The number of ether oxygens (including phenoxy) is 2. The molecule has 1 aromatic heterocycles. The maximum absolute atomic E-state index is 12.9. The Labute approximate surface area is 152 Å². The molecule has 0 aliphatic carbocycles. The molecule has 0 bridgehead atoms. The van der Waals surface area contributed by atoms with Gasteiger partial charge in [-0.15, -0.1) is 0 Å². The number of carbonyl (C=O) groups excluding carboxylic acids is 1. The van der Waals surface area contributed by atoms with E-state index in [1.807, 2.05) is 37.2 Å². The zero-order valence-corrected chi connectivity index (χ0v) is 15.1. The number of hydrogen-bond acceptors (Lipinski definition) is 4. The Hall–Kier alpha value is -2.54. The molecular weight excluding hydrogens is 332 g/mol. The van der Waals surface area contributed by atoms with Gasteiger partial charge in [-0.05, 0) is 30.2 Å². The van der Waals surface area contributed by atoms with E-state index in [1.165, 1.54) is 5.56 Å². The van der Waals surface area contributed by atoms with E-state index in [4.69, 9.17) is 9.47 Å². The largest absolute Gasteiger partial charge is 0.493 e. The quantitative estimate of drug-likeness (QED) is 0.915. The Kier molecular flexibility index (Phi) is 4.55. The zero-order chi connectivity index (χ0) is 18.1. The van der Waals surface area contributed by atoms with Gasteiger partial charge >= 0.3 is 6.03 Å². The van der Waals surface area contributed by atoms with Gasteiger partial charge in [0.2, 0.25) is 0 Å². The fourth-order valence-electron chi connectivity index (χ4n) is 3.56. The van der Waals surface area contributed by atoms with Crippen LogP contribution in [0.25, 0.3) is 0 Å². The van der Waals surface area contributed by atoms with Gasteiger partial charge in [-0.25, -0.2) is 4.79 Å². The third kappa shape index (κ3) is 3.26. The average Bonchev–Trinajstić information content (AvgIpc) is 3.29. The van der Waals surface area contributed by atoms with Crippen molar-refractivity contribution in [3.8, 4) is 5.75 Å². The molecule has 3 heterocycles. The third-order valence-corrected chi connectivity index (χ3v) is 5.05. The molecule has 1 unspecified atom stereocenters. The molecule has 138 valence electrons. The van der Waals surface area contributed by atoms with Crippen LogP contribution in [0, 0.1) is 0 Å². The van der Waals surface area contributed by atoms with Crippen molar-refractivity contribution < 1.29 is 14.3 Å². The highest BCUT2D eigenvalue weighted by atomic mass is 16.5. The number of rotatable bonds is 3. The van der Waals surface area contributed by atoms with Gasteiger partial charge in [-0.3, -0.25) is 4.68 Å². The van der Waals surface area contributed by atoms with Crippen molar-refractivity contribution in [1.82, 2.24) is 20.0 Å². The lowest BCUT2D eigenvalue weighted by Gasteiger charge is -2.35. The number of benzene rings is 1. The maximum atomic E-state index is 12.9. The first-order valence-electron chi connectivity index (χ1n) is 9.01. The highest BCUT2D eigenvalue weighted by molar-refractivity contribution is 5.75. The first kappa shape index (κ1) is 16.9. The molecule has 2 aliphatic rings. The van der Waals surface area contributed by atoms with Crippen molar-refractivity contribution in [3.05, 3.63) is 47.3 Å². The van der Waals surface area contributed by atoms with Crippen molar-refractivity contribution in [2.24, 2.45) is 7.05 Å². The first-order valence-corrected chi connectivity index (χ1v) is 9.01. The lowest BCUT2D eigenvalue weighted by molar-refractivity contribution is 0.0111. The van der Waals surface area contributed by atoms with E-state index < -0.39 is 0 Å². The summed E-state index contributed by atoms with van der Waals surface area (Å²) in [5.41, 5.74) is 3.29. The van der Waals surface area contributed by atoms with E-state index in [-0.39, 0.29) is 18.1 Å². The molecule has 2 aromatic rings. The van der Waals surface area contributed by atoms with E-state index in [9.17, 15) is 4.79 Å². The molecule has 2 atom stereocenters. The molecule has 7 heteroatoms. The van der Waals surface area contributed by atoms with Crippen LogP contribution in [0.3, 0.4) is 0 Å². The van der Waals surface area contributed by atoms with Crippen LogP contribution in [0.2, 0.25) is 0 Å². The van der Waals surface area contributed by atoms with E-state index >= 15 is 0 Å². The summed E-state index contributed by atoms with van der Waals surface area (Å²) in [5.74, 6) is 0.956. The lowest BCUT2D eigenvalue weighted by Crippen LogP contribution is -2.48. The Morgan fingerprint density at radius 3 is 3.08 bits per heavy atom. The van der Waals surface area contributed by atoms with Crippen molar-refractivity contribution >= 4 is 6.03 Å². The number of nitrogens with one attached hydrogen (secondary N) is 1. The van der Waals surface area contributed by atoms with Crippen molar-refractivity contribution in [2.45, 2.75) is 25.4 Å². The van der Waals surface area contributed by atoms with E-state index in [0.717, 1.165) is 29.9 Å². The van der Waals surface area contributed by atoms with Crippen LogP contribution >= 0.6 is 0 Å². The summed E-state index contributed by atoms with van der Waals surface area (Å²) in [4.78, 5) is 14.8. The molecule has 1 N–H and O–H groups in total. The minimum atomic E-state index is -0.113. The normalized spacial score (nSPS) is 20.4. The van der Waals surface area contributed by atoms with Crippen LogP contribution in [0.1, 0.15) is 35.7 Å². The second kappa shape index (κ2) is 6.99. The Morgan fingerprint density at radius 2 is 2.27 bits per heavy atom. The number of hydrogen-bond donors (Lipinski definition) is 1. The number of urea groups is 1. The van der Waals surface area contributed by atoms with Crippen molar-refractivity contribution in [2.75, 3.05) is 26.4 Å². The minimum absolute atomic E-state index is 0.0774. The van der Waals surface area contributed by atoms with Gasteiger partial charge in [0.15, 0.2) is 0 Å². The van der Waals surface area contributed by atoms with Crippen LogP contribution in [0.15, 0.2) is 30.6 Å². The van der Waals surface area contributed by atoms with Gasteiger partial charge in [-0.2, -0.15) is 5.10 Å². The molecule has 7 nitrogen and oxygen atoms in total. The number of carbonyl (C=O) groups is 1. The van der Waals surface area contributed by atoms with E-state index in [0.29, 0.717) is 19.8 Å². The van der Waals surface area contributed by atoms with Crippen molar-refractivity contribution in [3.63, 3.8) is 0 Å². The van der Waals surface area contributed by atoms with Gasteiger partial charge in [0.1, 0.15) is 5.75 Å². The molecule has 2 amide bonds. The topological polar surface area (TPSA) is 68.6 Å². The predicted molar refractivity (Wildman–Crippen MR) is 96.1 cm³/mol. The summed E-state index contributed by atoms with van der Waals surface area (Å²) in [6.07, 6.45) is 4.66. The summed E-state index contributed by atoms with van der Waals surface area (Å²) in [5, 5.41) is 7.35. The predicted octanol–water partition coefficient (Wildman–Crippen LogP) is 2.20. The second-order valence-electron chi connectivity index (χ2n) is 6.87. The number of aryl methyl sites for hydroxylation is 1. The summed E-state index contributed by atoms with van der Waals surface area (Å²) in [7, 11) is 1.87. The smallest absolute Gasteiger partial charge is 0.318 e. The van der Waals surface area contributed by atoms with Crippen LogP contribution in [0.5, 0.6) is 5.75 Å². The lowest BCUT2D eigenvalue weighted by atomic mass is 10.0. The molecule has 1 fully saturated rings. The highest BCUT2D eigenvalue weighted by Crippen LogP contribution is 2.29. The molecule has 26 heavy (non-hydrogen) atoms. The SMILES string of the molecule is C[C@@H](NC(=O)N1CCOCC1c1cnn(C)c1)c1ccc2c(c1)CCO2. The fourth-order valence-corrected chi connectivity index (χ4v) is 3.56. The van der Waals surface area contributed by atoms with Gasteiger partial charge in [-0.1, -0.05) is 6.07 Å². The van der Waals surface area contributed by atoms with Crippen LogP contribution in [-0.2, 0) is 18.2 Å². The summed E-state index contributed by atoms with van der Waals surface area (Å²) in [6.45, 7) is 4.35. The molecule has 1 saturated heterocycles. The average molecular weight is 356 g/mol. The third-order valence-electron chi connectivity index (χ3n) is 5.05. The van der Waals surface area contributed by atoms with Gasteiger partial charge in [0.25, 0.3) is 0 Å². The Balaban J connectivity index is 1.47. The van der Waals surface area contributed by atoms with Crippen molar-refractivity contribution in [1.29, 1.82) is 0 Å². The van der Waals surface area contributed by atoms with Gasteiger partial charge in [0, 0.05) is 31.8 Å². The van der Waals surface area contributed by atoms with Gasteiger partial charge in [0.05, 0.1) is 38.1 Å². The zero-order valence-electron chi connectivity index (χ0n) is 15.1. The molecule has 4 rings (SSSR count). The second-order valence-corrected chi connectivity index (χ2v) is 6.87. The van der Waals surface area contributed by atoms with Gasteiger partial charge < -0.3 is 19.7 Å². The summed E-state index contributed by atoms with van der Waals surface area (Å²) < 4.78 is 12.9. The summed E-state index contributed by atoms with van der Waals surface area (Å²) in [6, 6.07) is 5.88. The fraction of sp³-hybridized carbons (Fsp3) is 0.474. The molecule has 1 aromatic carbocycles. The number of fused-ring (bicyclic) bond motifs is 1. The van der Waals surface area contributed by atoms with Crippen LogP contribution < -0.4 is 10.1 Å². The number of amides is 2. The monoisotopic (exact) mass is 356 g/mol. The standard InChI is InChI=1S/C19H24N4O3/c1-13(14-3-4-18-15(9-14)5-7-26-18)21-19(24)23-6-8-25-12-17(23)16-10-20-22(2)11-16/h3-4,9-11,13,17H,5-8,12H2,1-2H3,(H,21,24)/t13-,17?/m1/s1. The molecule has 0 radical (unpaired) electrons. The number of morpholine rings is 1. The Bertz CT molecular complexity index is 804. The molecule has 0 saturated carbocycles. The number of nitrogens with zero attached hydrogens (tertiary/aromatic N) is 3. The Morgan fingerprint density at radius 1 is 1.38 bits per heavy atom. The van der Waals surface area contributed by atoms with E-state index in [2.05, 4.69) is 16.5 Å². The number of aromatic nitrogens is 2. The summed E-state index contributed by atoms with van der Waals surface area (Å²) >= 11 is 0. The minimum Gasteiger partial charge on any atom is -0.493 e. The molecule has 0 spiro atoms.